The molecular weight excluding hydrogens is 310 g/mol. The molecule has 2 fully saturated rings. The molecule has 6 heteroatoms. The van der Waals surface area contributed by atoms with Crippen molar-refractivity contribution in [3.05, 3.63) is 30.1 Å². The molecule has 1 aliphatic carbocycles. The van der Waals surface area contributed by atoms with Crippen molar-refractivity contribution in [1.29, 1.82) is 0 Å². The van der Waals surface area contributed by atoms with Crippen LogP contribution in [0.2, 0.25) is 0 Å². The number of thiocarbonyl (C=S) groups is 1. The molecule has 0 aromatic carbocycles. The van der Waals surface area contributed by atoms with Gasteiger partial charge in [0.1, 0.15) is 4.99 Å². The first-order chi connectivity index (χ1) is 11.2. The molecule has 0 radical (unpaired) electrons. The molecule has 1 saturated heterocycles. The summed E-state index contributed by atoms with van der Waals surface area (Å²) in [5.74, 6) is 0.759. The Hall–Kier alpha value is -1.08. The van der Waals surface area contributed by atoms with Gasteiger partial charge in [-0.05, 0) is 30.9 Å². The minimum absolute atomic E-state index is 0.695. The highest BCUT2D eigenvalue weighted by Crippen LogP contribution is 2.30. The summed E-state index contributed by atoms with van der Waals surface area (Å²) in [6.45, 7) is 4.92. The van der Waals surface area contributed by atoms with Crippen LogP contribution in [0.15, 0.2) is 24.4 Å². The Morgan fingerprint density at radius 2 is 2.22 bits per heavy atom. The molecule has 3 rings (SSSR count). The maximum atomic E-state index is 5.99. The molecule has 0 spiro atoms. The number of pyridine rings is 1. The average Bonchev–Trinajstić information content (AvgIpc) is 3.44. The van der Waals surface area contributed by atoms with Crippen LogP contribution in [-0.4, -0.2) is 61.4 Å². The molecule has 1 N–H and O–H groups in total. The van der Waals surface area contributed by atoms with Gasteiger partial charge in [0.25, 0.3) is 0 Å². The zero-order valence-corrected chi connectivity index (χ0v) is 14.5. The molecule has 0 bridgehead atoms. The monoisotopic (exact) mass is 335 g/mol. The topological polar surface area (TPSA) is 46.6 Å². The van der Waals surface area contributed by atoms with E-state index in [4.69, 9.17) is 21.7 Å². The largest absolute Gasteiger partial charge is 0.379 e. The van der Waals surface area contributed by atoms with Crippen molar-refractivity contribution in [1.82, 2.24) is 15.2 Å². The minimum atomic E-state index is -0.706. The average molecular weight is 335 g/mol. The molecule has 2 aliphatic rings. The predicted octanol–water partition coefficient (Wildman–Crippen LogP) is 1.58. The van der Waals surface area contributed by atoms with Gasteiger partial charge in [-0.3, -0.25) is 9.88 Å². The van der Waals surface area contributed by atoms with Gasteiger partial charge in [-0.15, -0.1) is 0 Å². The van der Waals surface area contributed by atoms with Crippen molar-refractivity contribution in [3.8, 4) is 0 Å². The lowest BCUT2D eigenvalue weighted by atomic mass is 9.96. The number of nitrogens with one attached hydrogen (secondary N) is 1. The second-order valence-corrected chi connectivity index (χ2v) is 6.70. The van der Waals surface area contributed by atoms with E-state index in [1.165, 1.54) is 12.8 Å². The van der Waals surface area contributed by atoms with Crippen LogP contribution >= 0.6 is 12.2 Å². The van der Waals surface area contributed by atoms with E-state index in [2.05, 4.69) is 15.2 Å². The quantitative estimate of drug-likeness (QED) is 0.764. The highest BCUT2D eigenvalue weighted by atomic mass is 32.1. The van der Waals surface area contributed by atoms with Crippen LogP contribution < -0.4 is 5.32 Å². The van der Waals surface area contributed by atoms with Gasteiger partial charge in [0.15, 0.2) is 5.60 Å². The van der Waals surface area contributed by atoms with Crippen molar-refractivity contribution in [2.75, 3.05) is 46.5 Å². The number of aromatic nitrogens is 1. The number of methoxy groups -OCH3 is 1. The van der Waals surface area contributed by atoms with Gasteiger partial charge >= 0.3 is 0 Å². The summed E-state index contributed by atoms with van der Waals surface area (Å²) in [7, 11) is 1.72. The zero-order chi connectivity index (χ0) is 16.1. The first-order valence-electron chi connectivity index (χ1n) is 8.29. The molecule has 1 aliphatic heterocycles. The summed E-state index contributed by atoms with van der Waals surface area (Å²) in [5, 5.41) is 3.43. The Labute approximate surface area is 143 Å². The Balaban J connectivity index is 1.81. The summed E-state index contributed by atoms with van der Waals surface area (Å²) in [6, 6.07) is 5.90. The lowest BCUT2D eigenvalue weighted by Crippen LogP contribution is -2.54. The van der Waals surface area contributed by atoms with Gasteiger partial charge in [-0.2, -0.15) is 0 Å². The fraction of sp³-hybridized carbons (Fsp3) is 0.647. The third-order valence-corrected chi connectivity index (χ3v) is 5.07. The summed E-state index contributed by atoms with van der Waals surface area (Å²) in [5.41, 5.74) is 0.158. The molecule has 0 amide bonds. The van der Waals surface area contributed by atoms with Gasteiger partial charge < -0.3 is 14.8 Å². The molecule has 1 aromatic heterocycles. The van der Waals surface area contributed by atoms with E-state index < -0.39 is 5.60 Å². The SMILES string of the molecule is COC(CN1CCOCC1)(C(=S)NCC1CC1)c1ccccn1. The maximum Gasteiger partial charge on any atom is 0.172 e. The fourth-order valence-electron chi connectivity index (χ4n) is 2.91. The van der Waals surface area contributed by atoms with E-state index in [-0.39, 0.29) is 0 Å². The summed E-state index contributed by atoms with van der Waals surface area (Å²) >= 11 is 5.75. The van der Waals surface area contributed by atoms with Crippen molar-refractivity contribution in [3.63, 3.8) is 0 Å². The van der Waals surface area contributed by atoms with Crippen molar-refractivity contribution in [2.24, 2.45) is 5.92 Å². The molecule has 23 heavy (non-hydrogen) atoms. The predicted molar refractivity (Wildman–Crippen MR) is 93.5 cm³/mol. The molecule has 1 unspecified atom stereocenters. The van der Waals surface area contributed by atoms with E-state index in [1.54, 1.807) is 13.3 Å². The van der Waals surface area contributed by atoms with E-state index >= 15 is 0 Å². The van der Waals surface area contributed by atoms with Gasteiger partial charge in [0.2, 0.25) is 0 Å². The Morgan fingerprint density at radius 1 is 1.43 bits per heavy atom. The fourth-order valence-corrected chi connectivity index (χ4v) is 3.24. The van der Waals surface area contributed by atoms with E-state index in [0.717, 1.165) is 49.4 Å². The molecular formula is C17H25N3O2S. The van der Waals surface area contributed by atoms with Crippen LogP contribution in [0.25, 0.3) is 0 Å². The number of morpholine rings is 1. The molecule has 126 valence electrons. The van der Waals surface area contributed by atoms with Gasteiger partial charge in [-0.25, -0.2) is 0 Å². The van der Waals surface area contributed by atoms with Crippen molar-refractivity contribution < 1.29 is 9.47 Å². The lowest BCUT2D eigenvalue weighted by Gasteiger charge is -2.38. The summed E-state index contributed by atoms with van der Waals surface area (Å²) in [4.78, 5) is 7.61. The van der Waals surface area contributed by atoms with E-state index in [0.29, 0.717) is 6.54 Å². The summed E-state index contributed by atoms with van der Waals surface area (Å²) in [6.07, 6.45) is 4.39. The second kappa shape index (κ2) is 7.66. The molecule has 2 heterocycles. The van der Waals surface area contributed by atoms with Crippen LogP contribution in [0.5, 0.6) is 0 Å². The van der Waals surface area contributed by atoms with Crippen LogP contribution in [0.3, 0.4) is 0 Å². The lowest BCUT2D eigenvalue weighted by molar-refractivity contribution is -0.0254. The minimum Gasteiger partial charge on any atom is -0.379 e. The second-order valence-electron chi connectivity index (χ2n) is 6.29. The maximum absolute atomic E-state index is 5.99. The molecule has 5 nitrogen and oxygen atoms in total. The zero-order valence-electron chi connectivity index (χ0n) is 13.7. The van der Waals surface area contributed by atoms with Crippen LogP contribution in [0.1, 0.15) is 18.5 Å². The number of hydrogen-bond donors (Lipinski definition) is 1. The standard InChI is InChI=1S/C17H25N3O2S/c1-21-17(15-4-2-3-7-18-15,13-20-8-10-22-11-9-20)16(23)19-12-14-5-6-14/h2-4,7,14H,5-6,8-13H2,1H3,(H,19,23). The third-order valence-electron chi connectivity index (χ3n) is 4.59. The molecule has 1 atom stereocenters. The van der Waals surface area contributed by atoms with Crippen molar-refractivity contribution >= 4 is 17.2 Å². The highest BCUT2D eigenvalue weighted by molar-refractivity contribution is 7.80. The van der Waals surface area contributed by atoms with Crippen LogP contribution in [0, 0.1) is 5.92 Å². The van der Waals surface area contributed by atoms with E-state index in [9.17, 15) is 0 Å². The first-order valence-corrected chi connectivity index (χ1v) is 8.70. The third kappa shape index (κ3) is 4.07. The Bertz CT molecular complexity index is 518. The molecule has 1 saturated carbocycles. The number of rotatable bonds is 7. The summed E-state index contributed by atoms with van der Waals surface area (Å²) < 4.78 is 11.4. The van der Waals surface area contributed by atoms with Crippen LogP contribution in [0.4, 0.5) is 0 Å². The highest BCUT2D eigenvalue weighted by Gasteiger charge is 2.41. The number of ether oxygens (including phenoxy) is 2. The molecule has 1 aromatic rings. The smallest absolute Gasteiger partial charge is 0.172 e. The number of nitrogens with zero attached hydrogens (tertiary/aromatic N) is 2. The number of hydrogen-bond acceptors (Lipinski definition) is 5. The normalized spacial score (nSPS) is 21.6. The van der Waals surface area contributed by atoms with Gasteiger partial charge in [-0.1, -0.05) is 18.3 Å². The Morgan fingerprint density at radius 3 is 2.83 bits per heavy atom. The van der Waals surface area contributed by atoms with Crippen molar-refractivity contribution in [2.45, 2.75) is 18.4 Å². The first kappa shape index (κ1) is 16.8. The van der Waals surface area contributed by atoms with E-state index in [1.807, 2.05) is 18.2 Å². The Kier molecular flexibility index (Phi) is 5.58. The van der Waals surface area contributed by atoms with Gasteiger partial charge in [0.05, 0.1) is 18.9 Å². The van der Waals surface area contributed by atoms with Crippen LogP contribution in [-0.2, 0) is 15.1 Å². The van der Waals surface area contributed by atoms with Gasteiger partial charge in [0, 0.05) is 39.5 Å².